The van der Waals surface area contributed by atoms with Gasteiger partial charge in [-0.1, -0.05) is 17.3 Å². The van der Waals surface area contributed by atoms with Crippen LogP contribution in [0.3, 0.4) is 0 Å². The van der Waals surface area contributed by atoms with Crippen molar-refractivity contribution in [3.8, 4) is 0 Å². The topological polar surface area (TPSA) is 99.0 Å². The summed E-state index contributed by atoms with van der Waals surface area (Å²) in [7, 11) is 0. The molecule has 0 spiro atoms. The number of carboxylic acid groups (broad SMARTS) is 1. The molecule has 0 saturated heterocycles. The molecule has 0 aliphatic heterocycles. The van der Waals surface area contributed by atoms with Crippen LogP contribution in [-0.4, -0.2) is 22.6 Å². The Hall–Kier alpha value is -2.33. The molecule has 0 fully saturated rings. The predicted octanol–water partition coefficient (Wildman–Crippen LogP) is 2.49. The molecule has 0 bridgehead atoms. The van der Waals surface area contributed by atoms with E-state index in [-0.39, 0.29) is 5.69 Å². The molecule has 0 radical (unpaired) electrons. The molecule has 0 aromatic carbocycles. The largest absolute Gasteiger partial charge is 0.477 e. The third-order valence-electron chi connectivity index (χ3n) is 1.77. The number of aromatic carboxylic acids is 1. The molecule has 82 valence electrons. The zero-order chi connectivity index (χ0) is 11.8. The molecule has 0 amide bonds. The van der Waals surface area contributed by atoms with Crippen molar-refractivity contribution in [1.82, 2.24) is 4.98 Å². The third-order valence-corrected chi connectivity index (χ3v) is 1.77. The first-order chi connectivity index (χ1) is 7.74. The van der Waals surface area contributed by atoms with Crippen molar-refractivity contribution in [2.24, 2.45) is 5.11 Å². The summed E-state index contributed by atoms with van der Waals surface area (Å²) in [5, 5.41) is 12.1. The lowest BCUT2D eigenvalue weighted by molar-refractivity contribution is 0.0690. The van der Waals surface area contributed by atoms with E-state index < -0.39 is 5.97 Å². The van der Waals surface area contributed by atoms with Gasteiger partial charge in [0, 0.05) is 17.7 Å². The first kappa shape index (κ1) is 11.7. The number of hydrogen-bond donors (Lipinski definition) is 1. The number of azide groups is 1. The smallest absolute Gasteiger partial charge is 0.354 e. The predicted molar refractivity (Wildman–Crippen MR) is 58.9 cm³/mol. The molecular formula is C10H10N4O2. The van der Waals surface area contributed by atoms with Crippen molar-refractivity contribution in [1.29, 1.82) is 0 Å². The second-order valence-electron chi connectivity index (χ2n) is 2.93. The Kier molecular flexibility index (Phi) is 4.56. The minimum absolute atomic E-state index is 0.0113. The molecule has 0 unspecified atom stereocenters. The summed E-state index contributed by atoms with van der Waals surface area (Å²) in [5.74, 6) is -1.05. The Morgan fingerprint density at radius 1 is 1.69 bits per heavy atom. The maximum atomic E-state index is 10.6. The van der Waals surface area contributed by atoms with E-state index in [1.54, 1.807) is 12.1 Å². The van der Waals surface area contributed by atoms with Gasteiger partial charge in [-0.25, -0.2) is 9.78 Å². The van der Waals surface area contributed by atoms with Gasteiger partial charge in [0.05, 0.1) is 0 Å². The Labute approximate surface area is 91.9 Å². The average Bonchev–Trinajstić information content (AvgIpc) is 2.29. The second kappa shape index (κ2) is 6.21. The van der Waals surface area contributed by atoms with Crippen LogP contribution in [0.25, 0.3) is 16.5 Å². The molecule has 1 heterocycles. The molecule has 6 heteroatoms. The highest BCUT2D eigenvalue weighted by molar-refractivity contribution is 5.85. The summed E-state index contributed by atoms with van der Waals surface area (Å²) in [6, 6.07) is 3.18. The summed E-state index contributed by atoms with van der Waals surface area (Å²) in [5.41, 5.74) is 8.81. The molecule has 0 atom stereocenters. The van der Waals surface area contributed by atoms with Gasteiger partial charge in [0.25, 0.3) is 0 Å². The number of pyridine rings is 1. The van der Waals surface area contributed by atoms with E-state index in [0.717, 1.165) is 5.56 Å². The highest BCUT2D eigenvalue weighted by Gasteiger charge is 2.02. The van der Waals surface area contributed by atoms with Crippen LogP contribution in [-0.2, 0) is 0 Å². The van der Waals surface area contributed by atoms with Crippen molar-refractivity contribution in [3.63, 3.8) is 0 Å². The number of rotatable bonds is 5. The standard InChI is InChI=1S/C10H10N4O2/c11-14-13-5-2-1-3-8-4-6-12-9(7-8)10(15)16/h1,3-4,6-7H,2,5H2,(H,15,16). The van der Waals surface area contributed by atoms with Crippen molar-refractivity contribution >= 4 is 12.0 Å². The fourth-order valence-electron chi connectivity index (χ4n) is 1.06. The molecule has 1 aromatic heterocycles. The first-order valence-corrected chi connectivity index (χ1v) is 4.61. The van der Waals surface area contributed by atoms with Gasteiger partial charge in [-0.15, -0.1) is 0 Å². The molecule has 6 nitrogen and oxygen atoms in total. The van der Waals surface area contributed by atoms with Crippen molar-refractivity contribution in [2.75, 3.05) is 6.54 Å². The van der Waals surface area contributed by atoms with Crippen LogP contribution in [0.4, 0.5) is 0 Å². The Morgan fingerprint density at radius 3 is 3.19 bits per heavy atom. The Morgan fingerprint density at radius 2 is 2.50 bits per heavy atom. The fourth-order valence-corrected chi connectivity index (χ4v) is 1.06. The quantitative estimate of drug-likeness (QED) is 0.355. The lowest BCUT2D eigenvalue weighted by Gasteiger charge is -1.95. The van der Waals surface area contributed by atoms with E-state index in [4.69, 9.17) is 10.6 Å². The number of carbonyl (C=O) groups is 1. The summed E-state index contributed by atoms with van der Waals surface area (Å²) < 4.78 is 0. The normalized spacial score (nSPS) is 10.0. The van der Waals surface area contributed by atoms with Crippen LogP contribution in [0.15, 0.2) is 29.5 Å². The summed E-state index contributed by atoms with van der Waals surface area (Å²) in [4.78, 5) is 16.9. The number of hydrogen-bond acceptors (Lipinski definition) is 3. The molecule has 1 N–H and O–H groups in total. The SMILES string of the molecule is [N-]=[N+]=NCCC=Cc1ccnc(C(=O)O)c1. The fraction of sp³-hybridized carbons (Fsp3) is 0.200. The molecular weight excluding hydrogens is 208 g/mol. The van der Waals surface area contributed by atoms with Crippen molar-refractivity contribution < 1.29 is 9.90 Å². The van der Waals surface area contributed by atoms with Gasteiger partial charge in [-0.2, -0.15) is 0 Å². The number of nitrogens with zero attached hydrogens (tertiary/aromatic N) is 4. The number of carboxylic acids is 1. The monoisotopic (exact) mass is 218 g/mol. The molecule has 0 saturated carbocycles. The van der Waals surface area contributed by atoms with Crippen LogP contribution >= 0.6 is 0 Å². The van der Waals surface area contributed by atoms with E-state index in [9.17, 15) is 4.79 Å². The lowest BCUT2D eigenvalue weighted by Crippen LogP contribution is -1.99. The van der Waals surface area contributed by atoms with E-state index in [1.165, 1.54) is 12.3 Å². The molecule has 1 aromatic rings. The zero-order valence-corrected chi connectivity index (χ0v) is 8.45. The van der Waals surface area contributed by atoms with Gasteiger partial charge < -0.3 is 5.11 Å². The minimum Gasteiger partial charge on any atom is -0.477 e. The van der Waals surface area contributed by atoms with Crippen LogP contribution in [0.1, 0.15) is 22.5 Å². The molecule has 1 rings (SSSR count). The van der Waals surface area contributed by atoms with Gasteiger partial charge in [-0.3, -0.25) is 0 Å². The van der Waals surface area contributed by atoms with Crippen LogP contribution in [0, 0.1) is 0 Å². The van der Waals surface area contributed by atoms with Gasteiger partial charge in [0.2, 0.25) is 0 Å². The summed E-state index contributed by atoms with van der Waals surface area (Å²) in [6.07, 6.45) is 5.64. The van der Waals surface area contributed by atoms with E-state index in [1.807, 2.05) is 6.08 Å². The van der Waals surface area contributed by atoms with Gasteiger partial charge in [0.1, 0.15) is 5.69 Å². The molecule has 0 aliphatic rings. The van der Waals surface area contributed by atoms with Crippen LogP contribution < -0.4 is 0 Å². The van der Waals surface area contributed by atoms with Gasteiger partial charge in [0.15, 0.2) is 0 Å². The number of aromatic nitrogens is 1. The van der Waals surface area contributed by atoms with E-state index in [2.05, 4.69) is 15.0 Å². The lowest BCUT2D eigenvalue weighted by atomic mass is 10.2. The average molecular weight is 218 g/mol. The zero-order valence-electron chi connectivity index (χ0n) is 8.45. The third kappa shape index (κ3) is 3.81. The maximum Gasteiger partial charge on any atom is 0.354 e. The maximum absolute atomic E-state index is 10.6. The Balaban J connectivity index is 2.63. The van der Waals surface area contributed by atoms with Gasteiger partial charge in [-0.05, 0) is 29.6 Å². The Bertz CT molecular complexity index is 450. The van der Waals surface area contributed by atoms with E-state index >= 15 is 0 Å². The highest BCUT2D eigenvalue weighted by atomic mass is 16.4. The van der Waals surface area contributed by atoms with Gasteiger partial charge >= 0.3 is 5.97 Å². The molecule has 0 aliphatic carbocycles. The van der Waals surface area contributed by atoms with Crippen molar-refractivity contribution in [3.05, 3.63) is 46.1 Å². The molecule has 16 heavy (non-hydrogen) atoms. The minimum atomic E-state index is -1.05. The summed E-state index contributed by atoms with van der Waals surface area (Å²) >= 11 is 0. The highest BCUT2D eigenvalue weighted by Crippen LogP contribution is 2.04. The van der Waals surface area contributed by atoms with E-state index in [0.29, 0.717) is 13.0 Å². The van der Waals surface area contributed by atoms with Crippen LogP contribution in [0.2, 0.25) is 0 Å². The van der Waals surface area contributed by atoms with Crippen molar-refractivity contribution in [2.45, 2.75) is 6.42 Å². The summed E-state index contributed by atoms with van der Waals surface area (Å²) in [6.45, 7) is 0.393. The second-order valence-corrected chi connectivity index (χ2v) is 2.93. The van der Waals surface area contributed by atoms with Crippen LogP contribution in [0.5, 0.6) is 0 Å². The first-order valence-electron chi connectivity index (χ1n) is 4.61.